The molecule has 0 spiro atoms. The minimum Gasteiger partial charge on any atom is -0.462 e. The molecule has 0 aliphatic heterocycles. The number of nitrogens with zero attached hydrogens (tertiary/aromatic N) is 2. The number of amides is 1. The highest BCUT2D eigenvalue weighted by molar-refractivity contribution is 9.10. The first-order chi connectivity index (χ1) is 11.9. The Labute approximate surface area is 161 Å². The lowest BCUT2D eigenvalue weighted by molar-refractivity contribution is -0.113. The second kappa shape index (κ2) is 9.02. The predicted octanol–water partition coefficient (Wildman–Crippen LogP) is 3.38. The third-order valence-corrected chi connectivity index (χ3v) is 4.92. The summed E-state index contributed by atoms with van der Waals surface area (Å²) in [5, 5.41) is 3.50. The number of hydrogen-bond acceptors (Lipinski definition) is 7. The first-order valence-electron chi connectivity index (χ1n) is 7.08. The normalized spacial score (nSPS) is 10.4. The van der Waals surface area contributed by atoms with Gasteiger partial charge in [0, 0.05) is 16.4 Å². The van der Waals surface area contributed by atoms with Crippen LogP contribution < -0.4 is 11.1 Å². The second-order valence-electron chi connectivity index (χ2n) is 4.64. The van der Waals surface area contributed by atoms with Gasteiger partial charge < -0.3 is 15.8 Å². The molecule has 1 amide bonds. The smallest absolute Gasteiger partial charge is 0.343 e. The number of ether oxygens (including phenoxy) is 1. The molecular formula is C15H14BrClN4O3S. The zero-order chi connectivity index (χ0) is 18.4. The number of nitrogens with one attached hydrogen (secondary N) is 1. The first kappa shape index (κ1) is 19.5. The van der Waals surface area contributed by atoms with Crippen LogP contribution in [-0.4, -0.2) is 34.2 Å². The number of nitrogen functional groups attached to an aromatic ring is 1. The molecule has 1 heterocycles. The van der Waals surface area contributed by atoms with Crippen molar-refractivity contribution in [2.75, 3.05) is 23.4 Å². The van der Waals surface area contributed by atoms with Crippen LogP contribution in [0, 0.1) is 0 Å². The molecule has 0 unspecified atom stereocenters. The Morgan fingerprint density at radius 2 is 2.20 bits per heavy atom. The standard InChI is InChI=1S/C15H14BrClN4O3S/c1-2-24-14(23)9-6-19-15(21-13(9)18)25-7-12(22)20-8-3-4-10(16)11(17)5-8/h3-6H,2,7H2,1H3,(H,20,22)(H2,18,19,21). The number of thioether (sulfide) groups is 1. The molecule has 0 saturated carbocycles. The molecule has 10 heteroatoms. The topological polar surface area (TPSA) is 107 Å². The molecule has 25 heavy (non-hydrogen) atoms. The van der Waals surface area contributed by atoms with Crippen molar-refractivity contribution in [2.24, 2.45) is 0 Å². The Morgan fingerprint density at radius 1 is 1.44 bits per heavy atom. The Morgan fingerprint density at radius 3 is 2.84 bits per heavy atom. The van der Waals surface area contributed by atoms with E-state index in [0.29, 0.717) is 10.7 Å². The summed E-state index contributed by atoms with van der Waals surface area (Å²) < 4.78 is 5.59. The van der Waals surface area contributed by atoms with E-state index in [1.807, 2.05) is 0 Å². The molecule has 1 aromatic heterocycles. The van der Waals surface area contributed by atoms with Crippen LogP contribution in [0.2, 0.25) is 5.02 Å². The maximum absolute atomic E-state index is 12.0. The second-order valence-corrected chi connectivity index (χ2v) is 6.84. The third kappa shape index (κ3) is 5.58. The molecule has 3 N–H and O–H groups in total. The molecule has 0 fully saturated rings. The summed E-state index contributed by atoms with van der Waals surface area (Å²) in [5.41, 5.74) is 6.41. The number of anilines is 2. The van der Waals surface area contributed by atoms with Gasteiger partial charge in [-0.15, -0.1) is 0 Å². The van der Waals surface area contributed by atoms with Crippen molar-refractivity contribution in [1.29, 1.82) is 0 Å². The average molecular weight is 446 g/mol. The summed E-state index contributed by atoms with van der Waals surface area (Å²) in [6, 6.07) is 5.10. The first-order valence-corrected chi connectivity index (χ1v) is 9.23. The molecule has 2 rings (SSSR count). The number of aromatic nitrogens is 2. The summed E-state index contributed by atoms with van der Waals surface area (Å²) in [6.45, 7) is 1.92. The van der Waals surface area contributed by atoms with Gasteiger partial charge in [0.1, 0.15) is 11.4 Å². The number of halogens is 2. The van der Waals surface area contributed by atoms with E-state index < -0.39 is 5.97 Å². The number of hydrogen-bond donors (Lipinski definition) is 2. The van der Waals surface area contributed by atoms with E-state index in [4.69, 9.17) is 22.1 Å². The molecule has 0 aliphatic rings. The van der Waals surface area contributed by atoms with Gasteiger partial charge in [-0.25, -0.2) is 14.8 Å². The molecule has 0 saturated heterocycles. The van der Waals surface area contributed by atoms with Crippen LogP contribution in [0.1, 0.15) is 17.3 Å². The highest BCUT2D eigenvalue weighted by atomic mass is 79.9. The SMILES string of the molecule is CCOC(=O)c1cnc(SCC(=O)Nc2ccc(Br)c(Cl)c2)nc1N. The number of carbonyl (C=O) groups excluding carboxylic acids is 2. The number of rotatable bonds is 6. The third-order valence-electron chi connectivity index (χ3n) is 2.83. The zero-order valence-corrected chi connectivity index (χ0v) is 16.2. The molecule has 1 aromatic carbocycles. The van der Waals surface area contributed by atoms with Crippen molar-refractivity contribution >= 4 is 62.7 Å². The highest BCUT2D eigenvalue weighted by Crippen LogP contribution is 2.25. The van der Waals surface area contributed by atoms with E-state index in [9.17, 15) is 9.59 Å². The minimum absolute atomic E-state index is 0.0102. The summed E-state index contributed by atoms with van der Waals surface area (Å²) in [4.78, 5) is 31.6. The number of carbonyl (C=O) groups is 2. The predicted molar refractivity (Wildman–Crippen MR) is 101 cm³/mol. The highest BCUT2D eigenvalue weighted by Gasteiger charge is 2.14. The Balaban J connectivity index is 1.94. The van der Waals surface area contributed by atoms with Gasteiger partial charge in [0.05, 0.1) is 17.4 Å². The zero-order valence-electron chi connectivity index (χ0n) is 13.1. The largest absolute Gasteiger partial charge is 0.462 e. The van der Waals surface area contributed by atoms with E-state index in [1.165, 1.54) is 6.20 Å². The number of nitrogens with two attached hydrogens (primary N) is 1. The van der Waals surface area contributed by atoms with Gasteiger partial charge in [-0.05, 0) is 41.1 Å². The van der Waals surface area contributed by atoms with Crippen molar-refractivity contribution in [3.05, 3.63) is 39.5 Å². The summed E-state index contributed by atoms with van der Waals surface area (Å²) in [6.07, 6.45) is 1.29. The number of esters is 1. The van der Waals surface area contributed by atoms with Crippen LogP contribution in [-0.2, 0) is 9.53 Å². The van der Waals surface area contributed by atoms with Crippen molar-refractivity contribution in [2.45, 2.75) is 12.1 Å². The van der Waals surface area contributed by atoms with Crippen molar-refractivity contribution in [3.8, 4) is 0 Å². The van der Waals surface area contributed by atoms with Crippen molar-refractivity contribution < 1.29 is 14.3 Å². The summed E-state index contributed by atoms with van der Waals surface area (Å²) in [5.74, 6) is -0.746. The van der Waals surface area contributed by atoms with Gasteiger partial charge in [-0.3, -0.25) is 4.79 Å². The average Bonchev–Trinajstić information content (AvgIpc) is 2.56. The quantitative estimate of drug-likeness (QED) is 0.399. The molecule has 0 radical (unpaired) electrons. The fourth-order valence-electron chi connectivity index (χ4n) is 1.71. The van der Waals surface area contributed by atoms with Gasteiger partial charge in [-0.2, -0.15) is 0 Å². The van der Waals surface area contributed by atoms with Crippen LogP contribution >= 0.6 is 39.3 Å². The lowest BCUT2D eigenvalue weighted by Gasteiger charge is -2.07. The molecule has 0 bridgehead atoms. The maximum atomic E-state index is 12.0. The molecule has 0 aliphatic carbocycles. The fourth-order valence-corrected chi connectivity index (χ4v) is 2.76. The van der Waals surface area contributed by atoms with Crippen LogP contribution in [0.4, 0.5) is 11.5 Å². The van der Waals surface area contributed by atoms with Gasteiger partial charge in [0.25, 0.3) is 0 Å². The van der Waals surface area contributed by atoms with Gasteiger partial charge in [-0.1, -0.05) is 23.4 Å². The molecule has 132 valence electrons. The Kier molecular flexibility index (Phi) is 7.03. The van der Waals surface area contributed by atoms with Gasteiger partial charge in [0.15, 0.2) is 5.16 Å². The van der Waals surface area contributed by atoms with E-state index >= 15 is 0 Å². The van der Waals surface area contributed by atoms with E-state index in [-0.39, 0.29) is 34.8 Å². The Hall–Kier alpha value is -1.84. The van der Waals surface area contributed by atoms with Crippen LogP contribution in [0.5, 0.6) is 0 Å². The van der Waals surface area contributed by atoms with Crippen molar-refractivity contribution in [3.63, 3.8) is 0 Å². The monoisotopic (exact) mass is 444 g/mol. The summed E-state index contributed by atoms with van der Waals surface area (Å²) >= 11 is 10.3. The lowest BCUT2D eigenvalue weighted by atomic mass is 10.3. The van der Waals surface area contributed by atoms with E-state index in [0.717, 1.165) is 16.2 Å². The number of benzene rings is 1. The molecule has 2 aromatic rings. The van der Waals surface area contributed by atoms with Crippen molar-refractivity contribution in [1.82, 2.24) is 9.97 Å². The fraction of sp³-hybridized carbons (Fsp3) is 0.200. The maximum Gasteiger partial charge on any atom is 0.343 e. The lowest BCUT2D eigenvalue weighted by Crippen LogP contribution is -2.15. The van der Waals surface area contributed by atoms with Crippen LogP contribution in [0.15, 0.2) is 34.0 Å². The summed E-state index contributed by atoms with van der Waals surface area (Å²) in [7, 11) is 0. The van der Waals surface area contributed by atoms with Gasteiger partial charge in [0.2, 0.25) is 5.91 Å². The van der Waals surface area contributed by atoms with Crippen LogP contribution in [0.25, 0.3) is 0 Å². The van der Waals surface area contributed by atoms with Gasteiger partial charge >= 0.3 is 5.97 Å². The minimum atomic E-state index is -0.582. The van der Waals surface area contributed by atoms with E-state index in [2.05, 4.69) is 31.2 Å². The molecule has 7 nitrogen and oxygen atoms in total. The molecular weight excluding hydrogens is 432 g/mol. The van der Waals surface area contributed by atoms with E-state index in [1.54, 1.807) is 25.1 Å². The Bertz CT molecular complexity index is 806. The molecule has 0 atom stereocenters. The van der Waals surface area contributed by atoms with Crippen LogP contribution in [0.3, 0.4) is 0 Å².